The van der Waals surface area contributed by atoms with Gasteiger partial charge in [-0.25, -0.2) is 17.6 Å². The number of benzene rings is 2. The Labute approximate surface area is 141 Å². The third kappa shape index (κ3) is 3.77. The van der Waals surface area contributed by atoms with Crippen LogP contribution in [0.1, 0.15) is 11.1 Å². The molecule has 130 valence electrons. The molecule has 0 bridgehead atoms. The first-order valence-corrected chi connectivity index (χ1v) is 7.48. The number of rotatable bonds is 5. The van der Waals surface area contributed by atoms with Crippen LogP contribution in [0.25, 0.3) is 0 Å². The summed E-state index contributed by atoms with van der Waals surface area (Å²) in [6, 6.07) is 2.05. The van der Waals surface area contributed by atoms with Crippen molar-refractivity contribution in [3.63, 3.8) is 0 Å². The van der Waals surface area contributed by atoms with Crippen LogP contribution in [-0.4, -0.2) is 5.52 Å². The average Bonchev–Trinajstić information content (AvgIpc) is 2.43. The molecule has 0 N–H and O–H groups in total. The first-order valence-electron chi connectivity index (χ1n) is 6.36. The summed E-state index contributed by atoms with van der Waals surface area (Å²) in [7, 11) is 0. The molecule has 0 saturated heterocycles. The zero-order valence-electron chi connectivity index (χ0n) is 12.0. The Kier molecular flexibility index (Phi) is 5.32. The molecule has 0 saturated carbocycles. The zero-order valence-corrected chi connectivity index (χ0v) is 13.6. The van der Waals surface area contributed by atoms with Gasteiger partial charge in [0.1, 0.15) is 45.8 Å². The van der Waals surface area contributed by atoms with Crippen LogP contribution in [0.5, 0.6) is 11.5 Å². The lowest BCUT2D eigenvalue weighted by molar-refractivity contribution is -0.189. The highest BCUT2D eigenvalue weighted by Gasteiger charge is 2.41. The van der Waals surface area contributed by atoms with Gasteiger partial charge in [-0.3, -0.25) is 0 Å². The van der Waals surface area contributed by atoms with Crippen molar-refractivity contribution in [3.8, 4) is 11.5 Å². The van der Waals surface area contributed by atoms with Gasteiger partial charge < -0.3 is 9.47 Å². The Hall–Kier alpha value is -1.90. The summed E-state index contributed by atoms with van der Waals surface area (Å²) in [6.45, 7) is 1.09. The lowest BCUT2D eigenvalue weighted by atomic mass is 10.1. The van der Waals surface area contributed by atoms with E-state index in [1.807, 2.05) is 0 Å². The summed E-state index contributed by atoms with van der Waals surface area (Å²) in [4.78, 5) is 0. The zero-order chi connectivity index (χ0) is 18.1. The molecule has 2 nitrogen and oxygen atoms in total. The second-order valence-corrected chi connectivity index (χ2v) is 5.10. The average molecular weight is 415 g/mol. The second-order valence-electron chi connectivity index (χ2n) is 4.65. The lowest BCUT2D eigenvalue weighted by Crippen LogP contribution is -2.25. The van der Waals surface area contributed by atoms with E-state index in [9.17, 15) is 26.3 Å². The third-order valence-corrected chi connectivity index (χ3v) is 3.26. The molecule has 24 heavy (non-hydrogen) atoms. The van der Waals surface area contributed by atoms with Gasteiger partial charge in [-0.1, -0.05) is 0 Å². The maximum atomic E-state index is 14.0. The van der Waals surface area contributed by atoms with Gasteiger partial charge in [0.15, 0.2) is 0 Å². The monoisotopic (exact) mass is 414 g/mol. The largest absolute Gasteiger partial charge is 0.482 e. The van der Waals surface area contributed by atoms with Crippen LogP contribution in [0.15, 0.2) is 24.3 Å². The van der Waals surface area contributed by atoms with Crippen molar-refractivity contribution in [2.24, 2.45) is 0 Å². The molecule has 0 amide bonds. The Morgan fingerprint density at radius 3 is 1.79 bits per heavy atom. The van der Waals surface area contributed by atoms with Gasteiger partial charge in [0.2, 0.25) is 0 Å². The predicted octanol–water partition coefficient (Wildman–Crippen LogP) is 5.41. The normalized spacial score (nSPS) is 11.5. The molecule has 0 unspecified atom stereocenters. The van der Waals surface area contributed by atoms with Gasteiger partial charge in [0, 0.05) is 29.8 Å². The second kappa shape index (κ2) is 6.92. The van der Waals surface area contributed by atoms with Crippen LogP contribution < -0.4 is 9.47 Å². The Bertz CT molecular complexity index is 720. The van der Waals surface area contributed by atoms with Crippen LogP contribution in [-0.2, 0) is 6.11 Å². The highest BCUT2D eigenvalue weighted by molar-refractivity contribution is 9.09. The van der Waals surface area contributed by atoms with Gasteiger partial charge in [-0.15, -0.1) is 0 Å². The SMILES string of the molecule is Cc1c(F)cc(OC(F)(F)c2c(F)cc(OCBr)cc2F)cc1F. The van der Waals surface area contributed by atoms with Crippen LogP contribution in [0.3, 0.4) is 0 Å². The van der Waals surface area contributed by atoms with Gasteiger partial charge >= 0.3 is 6.11 Å². The quantitative estimate of drug-likeness (QED) is 0.481. The summed E-state index contributed by atoms with van der Waals surface area (Å²) in [5, 5.41) is 0. The van der Waals surface area contributed by atoms with E-state index in [0.29, 0.717) is 24.3 Å². The van der Waals surface area contributed by atoms with Crippen molar-refractivity contribution in [1.29, 1.82) is 0 Å². The standard InChI is InChI=1S/C15H9BrF6O2/c1-7-10(17)4-9(5-11(7)18)24-15(21,22)14-12(19)2-8(23-6-16)3-13(14)20/h2-5H,6H2,1H3. The fourth-order valence-corrected chi connectivity index (χ4v) is 2.12. The topological polar surface area (TPSA) is 18.5 Å². The fraction of sp³-hybridized carbons (Fsp3) is 0.200. The molecule has 9 heteroatoms. The molecule has 0 aliphatic rings. The van der Waals surface area contributed by atoms with Gasteiger partial charge in [0.25, 0.3) is 0 Å². The van der Waals surface area contributed by atoms with Crippen molar-refractivity contribution in [1.82, 2.24) is 0 Å². The van der Waals surface area contributed by atoms with Gasteiger partial charge in [-0.05, 0) is 22.9 Å². The molecule has 0 aliphatic heterocycles. The predicted molar refractivity (Wildman–Crippen MR) is 76.4 cm³/mol. The summed E-state index contributed by atoms with van der Waals surface area (Å²) in [5.74, 6) is -6.78. The number of ether oxygens (including phenoxy) is 2. The highest BCUT2D eigenvalue weighted by atomic mass is 79.9. The van der Waals surface area contributed by atoms with Crippen molar-refractivity contribution in [2.75, 3.05) is 5.52 Å². The summed E-state index contributed by atoms with van der Waals surface area (Å²) in [5.41, 5.74) is -2.22. The number of hydrogen-bond donors (Lipinski definition) is 0. The number of halogens is 7. The van der Waals surface area contributed by atoms with Crippen molar-refractivity contribution >= 4 is 15.9 Å². The molecule has 0 radical (unpaired) electrons. The lowest BCUT2D eigenvalue weighted by Gasteiger charge is -2.20. The van der Waals surface area contributed by atoms with Crippen LogP contribution in [0, 0.1) is 30.2 Å². The Balaban J connectivity index is 2.40. The summed E-state index contributed by atoms with van der Waals surface area (Å²) < 4.78 is 91.4. The number of hydrogen-bond acceptors (Lipinski definition) is 2. The van der Waals surface area contributed by atoms with E-state index in [2.05, 4.69) is 20.7 Å². The molecule has 0 heterocycles. The highest BCUT2D eigenvalue weighted by Crippen LogP contribution is 2.37. The summed E-state index contributed by atoms with van der Waals surface area (Å²) >= 11 is 2.85. The van der Waals surface area contributed by atoms with Gasteiger partial charge in [0.05, 0.1) is 0 Å². The maximum absolute atomic E-state index is 14.0. The van der Waals surface area contributed by atoms with E-state index in [-0.39, 0.29) is 11.3 Å². The van der Waals surface area contributed by atoms with Crippen molar-refractivity contribution in [2.45, 2.75) is 13.0 Å². The molecule has 0 spiro atoms. The first-order chi connectivity index (χ1) is 11.2. The minimum atomic E-state index is -4.50. The molecule has 0 fully saturated rings. The van der Waals surface area contributed by atoms with E-state index in [0.717, 1.165) is 6.92 Å². The summed E-state index contributed by atoms with van der Waals surface area (Å²) in [6.07, 6.45) is -4.50. The fourth-order valence-electron chi connectivity index (χ4n) is 1.85. The minimum absolute atomic E-state index is 0.111. The molecule has 0 aliphatic carbocycles. The van der Waals surface area contributed by atoms with E-state index in [1.54, 1.807) is 0 Å². The number of alkyl halides is 3. The minimum Gasteiger partial charge on any atom is -0.482 e. The molecular formula is C15H9BrF6O2. The van der Waals surface area contributed by atoms with Gasteiger partial charge in [-0.2, -0.15) is 8.78 Å². The van der Waals surface area contributed by atoms with E-state index in [1.165, 1.54) is 0 Å². The van der Waals surface area contributed by atoms with Crippen LogP contribution in [0.2, 0.25) is 0 Å². The third-order valence-electron chi connectivity index (χ3n) is 3.03. The smallest absolute Gasteiger partial charge is 0.432 e. The molecule has 0 atom stereocenters. The van der Waals surface area contributed by atoms with Crippen molar-refractivity contribution < 1.29 is 35.8 Å². The molecule has 0 aromatic heterocycles. The van der Waals surface area contributed by atoms with E-state index >= 15 is 0 Å². The molecular weight excluding hydrogens is 406 g/mol. The van der Waals surface area contributed by atoms with Crippen LogP contribution >= 0.6 is 15.9 Å². The van der Waals surface area contributed by atoms with E-state index in [4.69, 9.17) is 4.74 Å². The molecule has 2 rings (SSSR count). The molecule has 2 aromatic carbocycles. The van der Waals surface area contributed by atoms with Crippen LogP contribution in [0.4, 0.5) is 26.3 Å². The van der Waals surface area contributed by atoms with E-state index < -0.39 is 46.3 Å². The first kappa shape index (κ1) is 18.4. The maximum Gasteiger partial charge on any atom is 0.432 e. The van der Waals surface area contributed by atoms with Crippen molar-refractivity contribution in [3.05, 3.63) is 58.7 Å². The molecule has 2 aromatic rings. The Morgan fingerprint density at radius 1 is 0.875 bits per heavy atom. The Morgan fingerprint density at radius 2 is 1.33 bits per heavy atom.